The van der Waals surface area contributed by atoms with Crippen LogP contribution in [-0.4, -0.2) is 31.8 Å². The van der Waals surface area contributed by atoms with E-state index in [0.29, 0.717) is 22.6 Å². The summed E-state index contributed by atoms with van der Waals surface area (Å²) in [6, 6.07) is 11.7. The number of ketones is 2. The van der Waals surface area contributed by atoms with E-state index < -0.39 is 17.7 Å². The van der Waals surface area contributed by atoms with Crippen molar-refractivity contribution in [2.24, 2.45) is 0 Å². The molecule has 6 nitrogen and oxygen atoms in total. The van der Waals surface area contributed by atoms with E-state index in [9.17, 15) is 14.4 Å². The second kappa shape index (κ2) is 6.39. The number of Topliss-reactive ketones (excluding diaryl/α,β-unsaturated/α-hetero) is 2. The summed E-state index contributed by atoms with van der Waals surface area (Å²) in [6.45, 7) is 0. The van der Waals surface area contributed by atoms with Crippen LogP contribution in [0, 0.1) is 0 Å². The molecule has 136 valence electrons. The first-order valence-electron chi connectivity index (χ1n) is 8.40. The third-order valence-electron chi connectivity index (χ3n) is 4.86. The van der Waals surface area contributed by atoms with Crippen molar-refractivity contribution in [3.05, 3.63) is 70.5 Å². The largest absolute Gasteiger partial charge is 0.497 e. The van der Waals surface area contributed by atoms with Crippen LogP contribution in [0.1, 0.15) is 38.6 Å². The molecule has 2 aromatic carbocycles. The quantitative estimate of drug-likeness (QED) is 0.779. The highest BCUT2D eigenvalue weighted by Crippen LogP contribution is 2.44. The van der Waals surface area contributed by atoms with Gasteiger partial charge in [0.1, 0.15) is 11.5 Å². The van der Waals surface area contributed by atoms with Gasteiger partial charge >= 0.3 is 5.97 Å². The molecule has 0 N–H and O–H groups in total. The van der Waals surface area contributed by atoms with Gasteiger partial charge in [0.25, 0.3) is 0 Å². The number of esters is 1. The molecule has 0 aromatic heterocycles. The van der Waals surface area contributed by atoms with Gasteiger partial charge in [0.05, 0.1) is 26.2 Å². The molecule has 1 heterocycles. The van der Waals surface area contributed by atoms with Crippen molar-refractivity contribution >= 4 is 17.5 Å². The van der Waals surface area contributed by atoms with Crippen molar-refractivity contribution in [1.29, 1.82) is 0 Å². The van der Waals surface area contributed by atoms with Crippen LogP contribution >= 0.6 is 0 Å². The van der Waals surface area contributed by atoms with E-state index in [1.165, 1.54) is 14.2 Å². The van der Waals surface area contributed by atoms with Crippen LogP contribution in [0.5, 0.6) is 11.5 Å². The second-order valence-electron chi connectivity index (χ2n) is 6.29. The van der Waals surface area contributed by atoms with E-state index in [1.54, 1.807) is 42.5 Å². The fourth-order valence-corrected chi connectivity index (χ4v) is 3.59. The van der Waals surface area contributed by atoms with Crippen LogP contribution in [0.25, 0.3) is 0 Å². The summed E-state index contributed by atoms with van der Waals surface area (Å²) >= 11 is 0. The van der Waals surface area contributed by atoms with Crippen LogP contribution in [-0.2, 0) is 9.53 Å². The van der Waals surface area contributed by atoms with Gasteiger partial charge in [-0.05, 0) is 18.2 Å². The Labute approximate surface area is 155 Å². The Morgan fingerprint density at radius 3 is 2.30 bits per heavy atom. The summed E-state index contributed by atoms with van der Waals surface area (Å²) in [5, 5.41) is 0. The van der Waals surface area contributed by atoms with E-state index in [2.05, 4.69) is 0 Å². The lowest BCUT2D eigenvalue weighted by molar-refractivity contribution is -0.140. The van der Waals surface area contributed by atoms with Gasteiger partial charge in [0.2, 0.25) is 5.78 Å². The highest BCUT2D eigenvalue weighted by Gasteiger charge is 2.43. The molecule has 0 fully saturated rings. The van der Waals surface area contributed by atoms with E-state index in [0.717, 1.165) is 0 Å². The van der Waals surface area contributed by atoms with Crippen molar-refractivity contribution in [3.63, 3.8) is 0 Å². The van der Waals surface area contributed by atoms with Crippen LogP contribution < -0.4 is 9.47 Å². The topological polar surface area (TPSA) is 78.9 Å². The van der Waals surface area contributed by atoms with Gasteiger partial charge < -0.3 is 14.2 Å². The van der Waals surface area contributed by atoms with Gasteiger partial charge in [-0.1, -0.05) is 24.3 Å². The van der Waals surface area contributed by atoms with Crippen molar-refractivity contribution in [3.8, 4) is 11.5 Å². The average molecular weight is 364 g/mol. The maximum atomic E-state index is 13.2. The molecule has 0 saturated carbocycles. The third kappa shape index (κ3) is 2.61. The van der Waals surface area contributed by atoms with Gasteiger partial charge in [-0.15, -0.1) is 0 Å². The number of hydrogen-bond donors (Lipinski definition) is 0. The summed E-state index contributed by atoms with van der Waals surface area (Å²) < 4.78 is 15.9. The van der Waals surface area contributed by atoms with Crippen molar-refractivity contribution in [2.75, 3.05) is 14.2 Å². The van der Waals surface area contributed by atoms with Crippen LogP contribution in [0.4, 0.5) is 0 Å². The number of benzene rings is 2. The molecule has 1 aliphatic carbocycles. The molecule has 0 bridgehead atoms. The fraction of sp³-hybridized carbons (Fsp3) is 0.190. The van der Waals surface area contributed by atoms with Gasteiger partial charge in [-0.2, -0.15) is 0 Å². The first-order valence-corrected chi connectivity index (χ1v) is 8.40. The van der Waals surface area contributed by atoms with Crippen molar-refractivity contribution in [2.45, 2.75) is 12.3 Å². The van der Waals surface area contributed by atoms with Crippen LogP contribution in [0.15, 0.2) is 53.8 Å². The van der Waals surface area contributed by atoms with Gasteiger partial charge in [-0.3, -0.25) is 14.4 Å². The molecule has 6 heteroatoms. The molecule has 0 radical (unpaired) electrons. The second-order valence-corrected chi connectivity index (χ2v) is 6.29. The Morgan fingerprint density at radius 2 is 1.63 bits per heavy atom. The number of methoxy groups -OCH3 is 2. The number of fused-ring (bicyclic) bond motifs is 1. The van der Waals surface area contributed by atoms with Crippen molar-refractivity contribution in [1.82, 2.24) is 0 Å². The maximum absolute atomic E-state index is 13.2. The monoisotopic (exact) mass is 364 g/mol. The highest BCUT2D eigenvalue weighted by molar-refractivity contribution is 6.27. The lowest BCUT2D eigenvalue weighted by Crippen LogP contribution is -2.33. The molecule has 4 rings (SSSR count). The molecule has 27 heavy (non-hydrogen) atoms. The van der Waals surface area contributed by atoms with Crippen LogP contribution in [0.2, 0.25) is 0 Å². The first-order chi connectivity index (χ1) is 13.0. The predicted octanol–water partition coefficient (Wildman–Crippen LogP) is 3.07. The molecule has 2 aliphatic rings. The molecule has 0 unspecified atom stereocenters. The predicted molar refractivity (Wildman–Crippen MR) is 95.1 cm³/mol. The Kier molecular flexibility index (Phi) is 4.03. The first kappa shape index (κ1) is 17.0. The normalized spacial score (nSPS) is 18.6. The molecule has 2 aromatic rings. The minimum Gasteiger partial charge on any atom is -0.497 e. The molecule has 0 spiro atoms. The smallest absolute Gasteiger partial charge is 0.312 e. The van der Waals surface area contributed by atoms with E-state index in [1.807, 2.05) is 0 Å². The van der Waals surface area contributed by atoms with Gasteiger partial charge in [-0.25, -0.2) is 0 Å². The Morgan fingerprint density at radius 1 is 0.926 bits per heavy atom. The zero-order valence-electron chi connectivity index (χ0n) is 14.8. The standard InChI is InChI=1S/C21H16O6/c1-25-11-7-8-16(26-2)14(9-11)15-10-17(22)27-21-18(15)19(23)12-5-3-4-6-13(12)20(21)24/h3-9,15H,10H2,1-2H3/t15-/m1/s1. The molecular weight excluding hydrogens is 348 g/mol. The Balaban J connectivity index is 1.93. The number of rotatable bonds is 3. The maximum Gasteiger partial charge on any atom is 0.312 e. The zero-order valence-corrected chi connectivity index (χ0v) is 14.8. The Bertz CT molecular complexity index is 1020. The number of carbonyl (C=O) groups is 3. The summed E-state index contributed by atoms with van der Waals surface area (Å²) in [5.74, 6) is -1.13. The average Bonchev–Trinajstić information content (AvgIpc) is 2.70. The fourth-order valence-electron chi connectivity index (χ4n) is 3.59. The SMILES string of the molecule is COc1ccc(OC)c([C@H]2CC(=O)OC3=C2C(=O)c2ccccc2C3=O)c1. The summed E-state index contributed by atoms with van der Waals surface area (Å²) in [5.41, 5.74) is 1.34. The molecule has 1 atom stereocenters. The van der Waals surface area contributed by atoms with Gasteiger partial charge in [0, 0.05) is 22.6 Å². The zero-order chi connectivity index (χ0) is 19.1. The van der Waals surface area contributed by atoms with E-state index >= 15 is 0 Å². The third-order valence-corrected chi connectivity index (χ3v) is 4.86. The van der Waals surface area contributed by atoms with E-state index in [4.69, 9.17) is 14.2 Å². The number of allylic oxidation sites excluding steroid dienone is 2. The van der Waals surface area contributed by atoms with Crippen LogP contribution in [0.3, 0.4) is 0 Å². The van der Waals surface area contributed by atoms with Crippen molar-refractivity contribution < 1.29 is 28.6 Å². The molecular formula is C21H16O6. The summed E-state index contributed by atoms with van der Waals surface area (Å²) in [6.07, 6.45) is -0.0659. The minimum absolute atomic E-state index is 0.0659. The summed E-state index contributed by atoms with van der Waals surface area (Å²) in [7, 11) is 3.03. The summed E-state index contributed by atoms with van der Waals surface area (Å²) in [4.78, 5) is 38.2. The number of hydrogen-bond acceptors (Lipinski definition) is 6. The number of carbonyl (C=O) groups excluding carboxylic acids is 3. The lowest BCUT2D eigenvalue weighted by Gasteiger charge is -2.30. The molecule has 0 saturated heterocycles. The van der Waals surface area contributed by atoms with E-state index in [-0.39, 0.29) is 29.1 Å². The van der Waals surface area contributed by atoms with Gasteiger partial charge in [0.15, 0.2) is 11.5 Å². The molecule has 0 amide bonds. The highest BCUT2D eigenvalue weighted by atomic mass is 16.5. The lowest BCUT2D eigenvalue weighted by atomic mass is 9.76. The minimum atomic E-state index is -0.656. The Hall–Kier alpha value is -3.41. The molecule has 1 aliphatic heterocycles. The number of ether oxygens (including phenoxy) is 3.